The molecule has 0 radical (unpaired) electrons. The molecule has 0 saturated carbocycles. The summed E-state index contributed by atoms with van der Waals surface area (Å²) in [6, 6.07) is 3.62. The Morgan fingerprint density at radius 2 is 1.74 bits per heavy atom. The predicted octanol–water partition coefficient (Wildman–Crippen LogP) is 2.86. The number of benzene rings is 1. The molecule has 1 aliphatic rings. The smallest absolute Gasteiger partial charge is 0.317 e. The molecule has 0 amide bonds. The third kappa shape index (κ3) is 4.24. The number of rotatable bonds is 5. The summed E-state index contributed by atoms with van der Waals surface area (Å²) >= 11 is 0. The topological polar surface area (TPSA) is 49.4 Å². The first kappa shape index (κ1) is 18.2. The second-order valence-electron chi connectivity index (χ2n) is 5.62. The molecule has 0 aromatic heterocycles. The Morgan fingerprint density at radius 3 is 2.22 bits per heavy atom. The van der Waals surface area contributed by atoms with E-state index in [1.807, 2.05) is 6.92 Å². The predicted molar refractivity (Wildman–Crippen MR) is 81.5 cm³/mol. The zero-order valence-electron chi connectivity index (χ0n) is 12.9. The number of alkyl halides is 3. The highest BCUT2D eigenvalue weighted by Crippen LogP contribution is 2.31. The lowest BCUT2D eigenvalue weighted by atomic mass is 10.1. The van der Waals surface area contributed by atoms with E-state index < -0.39 is 21.8 Å². The maximum Gasteiger partial charge on any atom is 0.416 e. The van der Waals surface area contributed by atoms with Crippen molar-refractivity contribution in [1.29, 1.82) is 0 Å². The van der Waals surface area contributed by atoms with Gasteiger partial charge in [-0.05, 0) is 56.6 Å². The molecule has 1 saturated heterocycles. The van der Waals surface area contributed by atoms with Gasteiger partial charge >= 0.3 is 6.18 Å². The summed E-state index contributed by atoms with van der Waals surface area (Å²) in [7, 11) is -3.79. The number of hydrogen-bond acceptors (Lipinski definition) is 3. The van der Waals surface area contributed by atoms with Gasteiger partial charge in [-0.15, -0.1) is 0 Å². The summed E-state index contributed by atoms with van der Waals surface area (Å²) in [5.41, 5.74) is -0.847. The molecule has 1 heterocycles. The van der Waals surface area contributed by atoms with E-state index in [2.05, 4.69) is 5.32 Å². The van der Waals surface area contributed by atoms with E-state index in [-0.39, 0.29) is 10.9 Å². The van der Waals surface area contributed by atoms with E-state index in [0.29, 0.717) is 25.8 Å². The maximum atomic E-state index is 12.8. The van der Waals surface area contributed by atoms with Crippen molar-refractivity contribution < 1.29 is 21.6 Å². The molecule has 8 heteroatoms. The quantitative estimate of drug-likeness (QED) is 0.888. The average molecular weight is 350 g/mol. The van der Waals surface area contributed by atoms with Crippen molar-refractivity contribution in [1.82, 2.24) is 9.62 Å². The maximum absolute atomic E-state index is 12.8. The van der Waals surface area contributed by atoms with Gasteiger partial charge in [0.05, 0.1) is 10.5 Å². The molecule has 2 rings (SSSR count). The van der Waals surface area contributed by atoms with Crippen molar-refractivity contribution in [3.63, 3.8) is 0 Å². The first-order valence-corrected chi connectivity index (χ1v) is 9.10. The summed E-state index contributed by atoms with van der Waals surface area (Å²) in [6.07, 6.45) is -2.40. The fourth-order valence-corrected chi connectivity index (χ4v) is 4.54. The van der Waals surface area contributed by atoms with E-state index in [1.165, 1.54) is 4.31 Å². The van der Waals surface area contributed by atoms with Crippen LogP contribution in [-0.4, -0.2) is 38.4 Å². The van der Waals surface area contributed by atoms with E-state index in [9.17, 15) is 21.6 Å². The Balaban J connectivity index is 2.29. The Labute approximate surface area is 134 Å². The van der Waals surface area contributed by atoms with Crippen LogP contribution in [0.5, 0.6) is 0 Å². The number of nitrogens with one attached hydrogen (secondary N) is 1. The molecule has 1 aromatic rings. The Kier molecular flexibility index (Phi) is 5.70. The average Bonchev–Trinajstić information content (AvgIpc) is 2.52. The van der Waals surface area contributed by atoms with E-state index in [0.717, 1.165) is 37.4 Å². The molecule has 1 aromatic carbocycles. The minimum Gasteiger partial charge on any atom is -0.317 e. The van der Waals surface area contributed by atoms with Crippen LogP contribution in [0.4, 0.5) is 13.2 Å². The van der Waals surface area contributed by atoms with Gasteiger partial charge in [-0.3, -0.25) is 0 Å². The molecule has 1 fully saturated rings. The van der Waals surface area contributed by atoms with E-state index in [1.54, 1.807) is 0 Å². The van der Waals surface area contributed by atoms with Crippen molar-refractivity contribution in [2.45, 2.75) is 43.3 Å². The number of nitrogens with zero attached hydrogens (tertiary/aromatic N) is 1. The zero-order chi connectivity index (χ0) is 17.1. The molecule has 4 nitrogen and oxygen atoms in total. The van der Waals surface area contributed by atoms with Crippen LogP contribution in [-0.2, 0) is 16.2 Å². The van der Waals surface area contributed by atoms with Crippen LogP contribution < -0.4 is 5.32 Å². The molecule has 1 N–H and O–H groups in total. The molecule has 0 aliphatic carbocycles. The van der Waals surface area contributed by atoms with Gasteiger partial charge in [-0.2, -0.15) is 17.5 Å². The summed E-state index contributed by atoms with van der Waals surface area (Å²) in [4.78, 5) is -0.0857. The van der Waals surface area contributed by atoms with Crippen LogP contribution in [0.15, 0.2) is 29.2 Å². The molecule has 0 bridgehead atoms. The molecule has 0 unspecified atom stereocenters. The van der Waals surface area contributed by atoms with Gasteiger partial charge < -0.3 is 5.32 Å². The highest BCUT2D eigenvalue weighted by Gasteiger charge is 2.34. The summed E-state index contributed by atoms with van der Waals surface area (Å²) in [5, 5.41) is 3.18. The monoisotopic (exact) mass is 350 g/mol. The normalized spacial score (nSPS) is 17.6. The lowest BCUT2D eigenvalue weighted by molar-refractivity contribution is -0.137. The first-order valence-electron chi connectivity index (χ1n) is 7.66. The Morgan fingerprint density at radius 1 is 1.17 bits per heavy atom. The fraction of sp³-hybridized carbons (Fsp3) is 0.600. The largest absolute Gasteiger partial charge is 0.416 e. The summed E-state index contributed by atoms with van der Waals surface area (Å²) in [5.74, 6) is 0. The lowest BCUT2D eigenvalue weighted by Crippen LogP contribution is -2.46. The van der Waals surface area contributed by atoms with Gasteiger partial charge in [0.2, 0.25) is 10.0 Å². The van der Waals surface area contributed by atoms with Crippen LogP contribution >= 0.6 is 0 Å². The summed E-state index contributed by atoms with van der Waals surface area (Å²) in [6.45, 7) is 3.74. The Bertz CT molecular complexity index is 609. The van der Waals surface area contributed by atoms with Crippen molar-refractivity contribution in [2.24, 2.45) is 0 Å². The molecule has 0 atom stereocenters. The van der Waals surface area contributed by atoms with Gasteiger partial charge in [0, 0.05) is 12.6 Å². The third-order valence-corrected chi connectivity index (χ3v) is 5.91. The zero-order valence-corrected chi connectivity index (χ0v) is 13.8. The highest BCUT2D eigenvalue weighted by molar-refractivity contribution is 7.89. The molecule has 1 aliphatic heterocycles. The van der Waals surface area contributed by atoms with Crippen molar-refractivity contribution >= 4 is 10.0 Å². The standard InChI is InChI=1S/C15H21F3N2O2S/c1-2-11-20(13-7-9-19-10-8-13)23(21,22)14-5-3-12(4-6-14)15(16,17)18/h3-6,13,19H,2,7-11H2,1H3. The van der Waals surface area contributed by atoms with Crippen molar-refractivity contribution in [3.05, 3.63) is 29.8 Å². The van der Waals surface area contributed by atoms with Gasteiger partial charge in [0.1, 0.15) is 0 Å². The third-order valence-electron chi connectivity index (χ3n) is 3.95. The molecular formula is C15H21F3N2O2S. The fourth-order valence-electron chi connectivity index (χ4n) is 2.77. The first-order chi connectivity index (χ1) is 10.8. The van der Waals surface area contributed by atoms with E-state index >= 15 is 0 Å². The minimum atomic E-state index is -4.47. The van der Waals surface area contributed by atoms with E-state index in [4.69, 9.17) is 0 Å². The van der Waals surface area contributed by atoms with Gasteiger partial charge in [-0.1, -0.05) is 6.92 Å². The lowest BCUT2D eigenvalue weighted by Gasteiger charge is -2.33. The molecule has 23 heavy (non-hydrogen) atoms. The van der Waals surface area contributed by atoms with Gasteiger partial charge in [-0.25, -0.2) is 8.42 Å². The van der Waals surface area contributed by atoms with Gasteiger partial charge in [0.25, 0.3) is 0 Å². The number of sulfonamides is 1. The Hall–Kier alpha value is -1.12. The second-order valence-corrected chi connectivity index (χ2v) is 7.51. The SMILES string of the molecule is CCCN(C1CCNCC1)S(=O)(=O)c1ccc(C(F)(F)F)cc1. The molecular weight excluding hydrogens is 329 g/mol. The number of hydrogen-bond donors (Lipinski definition) is 1. The minimum absolute atomic E-state index is 0.0857. The second kappa shape index (κ2) is 7.19. The van der Waals surface area contributed by atoms with Gasteiger partial charge in [0.15, 0.2) is 0 Å². The number of halogens is 3. The number of piperidine rings is 1. The summed E-state index contributed by atoms with van der Waals surface area (Å²) < 4.78 is 64.9. The molecule has 130 valence electrons. The van der Waals surface area contributed by atoms with Crippen LogP contribution in [0.3, 0.4) is 0 Å². The molecule has 0 spiro atoms. The highest BCUT2D eigenvalue weighted by atomic mass is 32.2. The van der Waals surface area contributed by atoms with Crippen LogP contribution in [0.2, 0.25) is 0 Å². The van der Waals surface area contributed by atoms with Crippen molar-refractivity contribution in [3.8, 4) is 0 Å². The van der Waals surface area contributed by atoms with Crippen LogP contribution in [0, 0.1) is 0 Å². The van der Waals surface area contributed by atoms with Crippen LogP contribution in [0.1, 0.15) is 31.7 Å². The van der Waals surface area contributed by atoms with Crippen molar-refractivity contribution in [2.75, 3.05) is 19.6 Å². The van der Waals surface area contributed by atoms with Crippen LogP contribution in [0.25, 0.3) is 0 Å².